The van der Waals surface area contributed by atoms with Gasteiger partial charge in [-0.2, -0.15) is 13.2 Å². The second-order valence-corrected chi connectivity index (χ2v) is 7.20. The van der Waals surface area contributed by atoms with Gasteiger partial charge in [-0.05, 0) is 60.7 Å². The maximum Gasteiger partial charge on any atom is 0.416 e. The van der Waals surface area contributed by atoms with Crippen LogP contribution in [0.2, 0.25) is 5.02 Å². The summed E-state index contributed by atoms with van der Waals surface area (Å²) in [7, 11) is 1.20. The molecule has 0 fully saturated rings. The van der Waals surface area contributed by atoms with Crippen LogP contribution < -0.4 is 14.2 Å². The van der Waals surface area contributed by atoms with E-state index in [-0.39, 0.29) is 12.4 Å². The van der Waals surface area contributed by atoms with Gasteiger partial charge in [0.15, 0.2) is 0 Å². The van der Waals surface area contributed by atoms with Gasteiger partial charge in [0, 0.05) is 10.6 Å². The monoisotopic (exact) mass is 480 g/mol. The van der Waals surface area contributed by atoms with Crippen LogP contribution in [0.1, 0.15) is 17.2 Å². The SMILES string of the molecule is COC(=O)C(Oc1ccc(C(F)(F)F)cc1)c1ccc(OCCOc2ccc(Cl)cc2)cc1. The Morgan fingerprint density at radius 2 is 1.30 bits per heavy atom. The minimum atomic E-state index is -4.46. The van der Waals surface area contributed by atoms with Crippen molar-refractivity contribution < 1.29 is 36.9 Å². The highest BCUT2D eigenvalue weighted by Gasteiger charge is 2.30. The van der Waals surface area contributed by atoms with Crippen molar-refractivity contribution in [2.24, 2.45) is 0 Å². The van der Waals surface area contributed by atoms with E-state index >= 15 is 0 Å². The number of ether oxygens (including phenoxy) is 4. The third-order valence-electron chi connectivity index (χ3n) is 4.47. The normalized spacial score (nSPS) is 12.0. The molecule has 5 nitrogen and oxygen atoms in total. The standard InChI is InChI=1S/C24H20ClF3O5/c1-30-23(29)22(33-21-10-4-17(5-11-21)24(26,27)28)16-2-8-19(9-3-16)31-14-15-32-20-12-6-18(25)7-13-20/h2-13,22H,14-15H2,1H3. The van der Waals surface area contributed by atoms with Gasteiger partial charge in [-0.3, -0.25) is 0 Å². The average molecular weight is 481 g/mol. The summed E-state index contributed by atoms with van der Waals surface area (Å²) in [4.78, 5) is 12.2. The van der Waals surface area contributed by atoms with Gasteiger partial charge in [0.05, 0.1) is 12.7 Å². The van der Waals surface area contributed by atoms with E-state index in [4.69, 9.17) is 30.5 Å². The first-order chi connectivity index (χ1) is 15.8. The third kappa shape index (κ3) is 7.05. The van der Waals surface area contributed by atoms with Gasteiger partial charge in [-0.1, -0.05) is 23.7 Å². The van der Waals surface area contributed by atoms with Gasteiger partial charge < -0.3 is 18.9 Å². The topological polar surface area (TPSA) is 54.0 Å². The van der Waals surface area contributed by atoms with Gasteiger partial charge in [0.1, 0.15) is 30.5 Å². The van der Waals surface area contributed by atoms with Crippen molar-refractivity contribution in [2.75, 3.05) is 20.3 Å². The molecule has 1 unspecified atom stereocenters. The fourth-order valence-corrected chi connectivity index (χ4v) is 2.93. The van der Waals surface area contributed by atoms with E-state index in [0.717, 1.165) is 24.3 Å². The second kappa shape index (κ2) is 11.0. The highest BCUT2D eigenvalue weighted by molar-refractivity contribution is 6.30. The molecule has 0 radical (unpaired) electrons. The minimum Gasteiger partial charge on any atom is -0.490 e. The predicted molar refractivity (Wildman–Crippen MR) is 116 cm³/mol. The number of esters is 1. The zero-order valence-electron chi connectivity index (χ0n) is 17.5. The molecule has 0 bridgehead atoms. The smallest absolute Gasteiger partial charge is 0.416 e. The van der Waals surface area contributed by atoms with E-state index < -0.39 is 23.8 Å². The second-order valence-electron chi connectivity index (χ2n) is 6.76. The summed E-state index contributed by atoms with van der Waals surface area (Å²) in [6.07, 6.45) is -5.62. The van der Waals surface area contributed by atoms with Gasteiger partial charge in [-0.25, -0.2) is 4.79 Å². The predicted octanol–water partition coefficient (Wildman–Crippen LogP) is 6.11. The number of carbonyl (C=O) groups excluding carboxylic acids is 1. The van der Waals surface area contributed by atoms with Gasteiger partial charge in [0.25, 0.3) is 0 Å². The highest BCUT2D eigenvalue weighted by atomic mass is 35.5. The van der Waals surface area contributed by atoms with Crippen LogP contribution in [0.5, 0.6) is 17.2 Å². The van der Waals surface area contributed by atoms with E-state index in [1.165, 1.54) is 7.11 Å². The summed E-state index contributed by atoms with van der Waals surface area (Å²) in [5, 5.41) is 0.617. The van der Waals surface area contributed by atoms with Gasteiger partial charge in [-0.15, -0.1) is 0 Å². The molecule has 0 aliphatic heterocycles. The van der Waals surface area contributed by atoms with E-state index in [1.54, 1.807) is 48.5 Å². The number of rotatable bonds is 9. The van der Waals surface area contributed by atoms with E-state index in [1.807, 2.05) is 0 Å². The zero-order valence-corrected chi connectivity index (χ0v) is 18.2. The molecule has 3 aromatic rings. The first kappa shape index (κ1) is 24.3. The van der Waals surface area contributed by atoms with Crippen LogP contribution in [-0.4, -0.2) is 26.3 Å². The van der Waals surface area contributed by atoms with Crippen molar-refractivity contribution >= 4 is 17.6 Å². The van der Waals surface area contributed by atoms with Crippen molar-refractivity contribution in [3.8, 4) is 17.2 Å². The van der Waals surface area contributed by atoms with E-state index in [0.29, 0.717) is 28.7 Å². The molecule has 174 valence electrons. The third-order valence-corrected chi connectivity index (χ3v) is 4.72. The van der Waals surface area contributed by atoms with Crippen LogP contribution in [-0.2, 0) is 15.7 Å². The number of methoxy groups -OCH3 is 1. The number of hydrogen-bond donors (Lipinski definition) is 0. The molecule has 0 amide bonds. The van der Waals surface area contributed by atoms with Crippen LogP contribution in [0, 0.1) is 0 Å². The van der Waals surface area contributed by atoms with Crippen LogP contribution in [0.25, 0.3) is 0 Å². The Kier molecular flexibility index (Phi) is 8.06. The average Bonchev–Trinajstić information content (AvgIpc) is 2.81. The first-order valence-electron chi connectivity index (χ1n) is 9.79. The molecule has 9 heteroatoms. The van der Waals surface area contributed by atoms with Crippen molar-refractivity contribution in [1.82, 2.24) is 0 Å². The number of halogens is 4. The van der Waals surface area contributed by atoms with Crippen LogP contribution in [0.3, 0.4) is 0 Å². The molecule has 0 saturated heterocycles. The van der Waals surface area contributed by atoms with E-state index in [2.05, 4.69) is 0 Å². The Hall–Kier alpha value is -3.39. The lowest BCUT2D eigenvalue weighted by molar-refractivity contribution is -0.149. The highest BCUT2D eigenvalue weighted by Crippen LogP contribution is 2.32. The van der Waals surface area contributed by atoms with Crippen LogP contribution in [0.15, 0.2) is 72.8 Å². The Morgan fingerprint density at radius 3 is 1.79 bits per heavy atom. The lowest BCUT2D eigenvalue weighted by atomic mass is 10.1. The summed E-state index contributed by atoms with van der Waals surface area (Å²) >= 11 is 5.83. The molecule has 0 aromatic heterocycles. The summed E-state index contributed by atoms with van der Waals surface area (Å²) in [6, 6.07) is 17.5. The van der Waals surface area contributed by atoms with Gasteiger partial charge in [0.2, 0.25) is 6.10 Å². The summed E-state index contributed by atoms with van der Waals surface area (Å²) in [5.74, 6) is 0.606. The Balaban J connectivity index is 1.59. The van der Waals surface area contributed by atoms with Crippen LogP contribution in [0.4, 0.5) is 13.2 Å². The van der Waals surface area contributed by atoms with Gasteiger partial charge >= 0.3 is 12.1 Å². The molecule has 0 spiro atoms. The Labute approximate surface area is 193 Å². The molecule has 0 saturated carbocycles. The molecular weight excluding hydrogens is 461 g/mol. The number of alkyl halides is 3. The quantitative estimate of drug-likeness (QED) is 0.273. The lowest BCUT2D eigenvalue weighted by Gasteiger charge is -2.18. The van der Waals surface area contributed by atoms with Crippen molar-refractivity contribution in [2.45, 2.75) is 12.3 Å². The minimum absolute atomic E-state index is 0.0954. The largest absolute Gasteiger partial charge is 0.490 e. The number of hydrogen-bond acceptors (Lipinski definition) is 5. The number of benzene rings is 3. The Morgan fingerprint density at radius 1 is 0.818 bits per heavy atom. The molecule has 3 rings (SSSR count). The lowest BCUT2D eigenvalue weighted by Crippen LogP contribution is -2.20. The molecule has 0 N–H and O–H groups in total. The van der Waals surface area contributed by atoms with Crippen molar-refractivity contribution in [3.63, 3.8) is 0 Å². The van der Waals surface area contributed by atoms with Crippen LogP contribution >= 0.6 is 11.6 Å². The van der Waals surface area contributed by atoms with E-state index in [9.17, 15) is 18.0 Å². The molecule has 0 heterocycles. The fraction of sp³-hybridized carbons (Fsp3) is 0.208. The molecule has 33 heavy (non-hydrogen) atoms. The summed E-state index contributed by atoms with van der Waals surface area (Å²) in [5.41, 5.74) is -0.363. The molecule has 3 aromatic carbocycles. The molecule has 0 aliphatic carbocycles. The summed E-state index contributed by atoms with van der Waals surface area (Å²) in [6.45, 7) is 0.593. The first-order valence-corrected chi connectivity index (χ1v) is 10.2. The molecule has 1 atom stereocenters. The maximum atomic E-state index is 12.7. The number of carbonyl (C=O) groups is 1. The molecule has 0 aliphatic rings. The Bertz CT molecular complexity index is 1040. The molecular formula is C24H20ClF3O5. The maximum absolute atomic E-state index is 12.7. The summed E-state index contributed by atoms with van der Waals surface area (Å²) < 4.78 is 59.8. The fourth-order valence-electron chi connectivity index (χ4n) is 2.81. The van der Waals surface area contributed by atoms with Crippen molar-refractivity contribution in [3.05, 3.63) is 88.9 Å². The van der Waals surface area contributed by atoms with Crippen molar-refractivity contribution in [1.29, 1.82) is 0 Å². The zero-order chi connectivity index (χ0) is 23.8.